The van der Waals surface area contributed by atoms with Gasteiger partial charge in [0.15, 0.2) is 5.60 Å². The van der Waals surface area contributed by atoms with Crippen LogP contribution in [0.4, 0.5) is 0 Å². The first-order valence-corrected chi connectivity index (χ1v) is 12.6. The van der Waals surface area contributed by atoms with Gasteiger partial charge in [-0.3, -0.25) is 9.59 Å². The lowest BCUT2D eigenvalue weighted by Crippen LogP contribution is -2.61. The number of carbonyl (C=O) groups excluding carboxylic acids is 2. The lowest BCUT2D eigenvalue weighted by molar-refractivity contribution is -0.167. The Morgan fingerprint density at radius 1 is 1.14 bits per heavy atom. The summed E-state index contributed by atoms with van der Waals surface area (Å²) >= 11 is 0. The number of amides is 2. The Labute approximate surface area is 216 Å². The number of rotatable bonds is 4. The molecule has 0 aliphatic carbocycles. The van der Waals surface area contributed by atoms with E-state index in [9.17, 15) is 9.59 Å². The molecule has 1 spiro atoms. The normalized spacial score (nSPS) is 21.4. The number of fused-ring (bicyclic) bond motifs is 2. The summed E-state index contributed by atoms with van der Waals surface area (Å²) < 4.78 is 19.6. The third-order valence-electron chi connectivity index (χ3n) is 6.86. The van der Waals surface area contributed by atoms with Crippen LogP contribution < -0.4 is 10.1 Å². The maximum Gasteiger partial charge on any atom is 0.254 e. The summed E-state index contributed by atoms with van der Waals surface area (Å²) in [6.07, 6.45) is 5.02. The number of hydrogen-bond donors (Lipinski definition) is 1. The molecule has 1 N–H and O–H groups in total. The van der Waals surface area contributed by atoms with Crippen molar-refractivity contribution in [2.75, 3.05) is 39.5 Å². The maximum atomic E-state index is 13.2. The van der Waals surface area contributed by atoms with Gasteiger partial charge in [-0.2, -0.15) is 0 Å². The second-order valence-corrected chi connectivity index (χ2v) is 9.32. The molecular weight excluding hydrogens is 472 g/mol. The van der Waals surface area contributed by atoms with Gasteiger partial charge in [-0.15, -0.1) is 0 Å². The molecule has 0 radical (unpaired) electrons. The summed E-state index contributed by atoms with van der Waals surface area (Å²) in [4.78, 5) is 32.5. The number of nitrogens with zero attached hydrogens (tertiary/aromatic N) is 3. The van der Waals surface area contributed by atoms with Crippen LogP contribution >= 0.6 is 0 Å². The summed E-state index contributed by atoms with van der Waals surface area (Å²) in [6, 6.07) is 15.7. The van der Waals surface area contributed by atoms with Crippen molar-refractivity contribution in [3.05, 3.63) is 72.1 Å². The molecule has 2 aliphatic heterocycles. The first-order valence-electron chi connectivity index (χ1n) is 12.6. The summed E-state index contributed by atoms with van der Waals surface area (Å²) in [7, 11) is 1.93. The first-order chi connectivity index (χ1) is 18.1. The van der Waals surface area contributed by atoms with Crippen molar-refractivity contribution >= 4 is 22.8 Å². The van der Waals surface area contributed by atoms with Gasteiger partial charge in [0.2, 0.25) is 5.91 Å². The van der Waals surface area contributed by atoms with Crippen LogP contribution in [0, 0.1) is 0 Å². The molecule has 0 bridgehead atoms. The molecule has 2 amide bonds. The molecule has 2 aromatic carbocycles. The molecule has 1 saturated heterocycles. The van der Waals surface area contributed by atoms with E-state index in [2.05, 4.69) is 10.3 Å². The van der Waals surface area contributed by atoms with Crippen molar-refractivity contribution in [3.63, 3.8) is 0 Å². The van der Waals surface area contributed by atoms with E-state index in [0.29, 0.717) is 32.5 Å². The second kappa shape index (κ2) is 11.1. The van der Waals surface area contributed by atoms with Crippen LogP contribution in [-0.2, 0) is 39.1 Å². The third-order valence-corrected chi connectivity index (χ3v) is 6.86. The highest BCUT2D eigenvalue weighted by molar-refractivity contribution is 5.87. The molecule has 194 valence electrons. The first kappa shape index (κ1) is 25.0. The number of morpholine rings is 1. The maximum absolute atomic E-state index is 13.2. The second-order valence-electron chi connectivity index (χ2n) is 9.32. The number of imidazole rings is 1. The molecule has 9 nitrogen and oxygen atoms in total. The molecule has 5 rings (SSSR count). The Morgan fingerprint density at radius 3 is 2.86 bits per heavy atom. The van der Waals surface area contributed by atoms with Gasteiger partial charge in [-0.1, -0.05) is 42.5 Å². The van der Waals surface area contributed by atoms with E-state index < -0.39 is 5.60 Å². The molecular formula is C28H32N4O5. The average molecular weight is 505 g/mol. The molecule has 37 heavy (non-hydrogen) atoms. The number of hydrogen-bond acceptors (Lipinski definition) is 6. The highest BCUT2D eigenvalue weighted by Crippen LogP contribution is 2.25. The summed E-state index contributed by atoms with van der Waals surface area (Å²) in [5.41, 5.74) is 1.83. The number of aryl methyl sites for hydroxylation is 1. The molecule has 2 aliphatic rings. The molecule has 0 saturated carbocycles. The van der Waals surface area contributed by atoms with Crippen LogP contribution in [0.25, 0.3) is 11.0 Å². The summed E-state index contributed by atoms with van der Waals surface area (Å²) in [5, 5.41) is 2.93. The topological polar surface area (TPSA) is 94.9 Å². The van der Waals surface area contributed by atoms with Crippen molar-refractivity contribution in [2.24, 2.45) is 7.05 Å². The predicted molar refractivity (Wildman–Crippen MR) is 138 cm³/mol. The van der Waals surface area contributed by atoms with Crippen molar-refractivity contribution < 1.29 is 23.8 Å². The lowest BCUT2D eigenvalue weighted by Gasteiger charge is -2.41. The van der Waals surface area contributed by atoms with Gasteiger partial charge in [0.25, 0.3) is 5.91 Å². The smallest absolute Gasteiger partial charge is 0.254 e. The number of benzene rings is 2. The van der Waals surface area contributed by atoms with Gasteiger partial charge >= 0.3 is 0 Å². The van der Waals surface area contributed by atoms with E-state index in [0.717, 1.165) is 28.2 Å². The zero-order valence-electron chi connectivity index (χ0n) is 21.0. The Balaban J connectivity index is 1.22. The van der Waals surface area contributed by atoms with Crippen molar-refractivity contribution in [1.82, 2.24) is 19.8 Å². The van der Waals surface area contributed by atoms with Gasteiger partial charge in [-0.05, 0) is 30.2 Å². The molecule has 3 aromatic rings. The number of aromatic nitrogens is 2. The van der Waals surface area contributed by atoms with Crippen LogP contribution in [0.15, 0.2) is 60.7 Å². The Morgan fingerprint density at radius 2 is 1.97 bits per heavy atom. The fourth-order valence-corrected chi connectivity index (χ4v) is 4.78. The van der Waals surface area contributed by atoms with E-state index in [4.69, 9.17) is 14.2 Å². The molecule has 1 atom stereocenters. The molecule has 1 aromatic heterocycles. The molecule has 1 unspecified atom stereocenters. The van der Waals surface area contributed by atoms with E-state index in [1.807, 2.05) is 72.3 Å². The van der Waals surface area contributed by atoms with Crippen LogP contribution in [0.3, 0.4) is 0 Å². The number of para-hydroxylation sites is 3. The number of nitrogens with one attached hydrogen (secondary N) is 1. The fraction of sp³-hybridized carbons (Fsp3) is 0.393. The van der Waals surface area contributed by atoms with Crippen molar-refractivity contribution in [3.8, 4) is 5.75 Å². The Kier molecular flexibility index (Phi) is 7.52. The Bertz CT molecular complexity index is 1300. The monoisotopic (exact) mass is 504 g/mol. The zero-order chi connectivity index (χ0) is 25.7. The highest BCUT2D eigenvalue weighted by Gasteiger charge is 2.44. The zero-order valence-corrected chi connectivity index (χ0v) is 21.0. The number of allylic oxidation sites excluding steroid dienone is 1. The SMILES string of the molecule is Cn1c(COCC(=O)N2CCOC3(C/C=C/Cc4ccccc4OCCNC3=O)C2)nc2ccccc21. The van der Waals surface area contributed by atoms with Crippen LogP contribution in [0.2, 0.25) is 0 Å². The van der Waals surface area contributed by atoms with E-state index in [1.54, 1.807) is 4.90 Å². The van der Waals surface area contributed by atoms with Gasteiger partial charge < -0.3 is 29.0 Å². The fourth-order valence-electron chi connectivity index (χ4n) is 4.78. The minimum Gasteiger partial charge on any atom is -0.491 e. The lowest BCUT2D eigenvalue weighted by atomic mass is 9.94. The van der Waals surface area contributed by atoms with Crippen LogP contribution in [-0.4, -0.2) is 71.3 Å². The number of ether oxygens (including phenoxy) is 3. The molecule has 9 heteroatoms. The van der Waals surface area contributed by atoms with Gasteiger partial charge in [0.1, 0.15) is 31.4 Å². The van der Waals surface area contributed by atoms with E-state index in [-0.39, 0.29) is 38.2 Å². The van der Waals surface area contributed by atoms with Crippen molar-refractivity contribution in [2.45, 2.75) is 25.0 Å². The summed E-state index contributed by atoms with van der Waals surface area (Å²) in [5.74, 6) is 1.15. The Hall–Kier alpha value is -3.69. The van der Waals surface area contributed by atoms with Crippen LogP contribution in [0.5, 0.6) is 5.75 Å². The van der Waals surface area contributed by atoms with Crippen LogP contribution in [0.1, 0.15) is 17.8 Å². The standard InChI is InChI=1S/C28H32N4O5/c1-31-23-11-4-3-10-22(23)30-25(31)18-35-19-26(33)32-15-17-37-28(20-32)13-7-6-9-21-8-2-5-12-24(21)36-16-14-29-27(28)34/h2-8,10-12H,9,13-20H2,1H3,(H,29,34)/b7-6+. The predicted octanol–water partition coefficient (Wildman–Crippen LogP) is 2.39. The third kappa shape index (κ3) is 5.52. The van der Waals surface area contributed by atoms with Gasteiger partial charge in [-0.25, -0.2) is 4.98 Å². The summed E-state index contributed by atoms with van der Waals surface area (Å²) in [6.45, 7) is 1.66. The van der Waals surface area contributed by atoms with E-state index >= 15 is 0 Å². The molecule has 3 heterocycles. The van der Waals surface area contributed by atoms with Crippen molar-refractivity contribution in [1.29, 1.82) is 0 Å². The highest BCUT2D eigenvalue weighted by atomic mass is 16.5. The quantitative estimate of drug-likeness (QED) is 0.549. The minimum absolute atomic E-state index is 0.0959. The van der Waals surface area contributed by atoms with Gasteiger partial charge in [0.05, 0.1) is 30.7 Å². The minimum atomic E-state index is -1.15. The van der Waals surface area contributed by atoms with Gasteiger partial charge in [0, 0.05) is 20.0 Å². The average Bonchev–Trinajstić information content (AvgIpc) is 3.24. The van der Waals surface area contributed by atoms with E-state index in [1.165, 1.54) is 0 Å². The number of carbonyl (C=O) groups is 2. The largest absolute Gasteiger partial charge is 0.491 e. The molecule has 1 fully saturated rings.